The van der Waals surface area contributed by atoms with Crippen molar-refractivity contribution in [2.75, 3.05) is 18.5 Å². The predicted octanol–water partition coefficient (Wildman–Crippen LogP) is 3.36. The monoisotopic (exact) mass is 392 g/mol. The van der Waals surface area contributed by atoms with E-state index in [1.807, 2.05) is 0 Å². The maximum absolute atomic E-state index is 12.1. The van der Waals surface area contributed by atoms with Gasteiger partial charge in [0.25, 0.3) is 0 Å². The molecule has 0 saturated heterocycles. The number of rotatable bonds is 8. The predicted molar refractivity (Wildman–Crippen MR) is 105 cm³/mol. The Hall–Kier alpha value is -2.90. The summed E-state index contributed by atoms with van der Waals surface area (Å²) in [6, 6.07) is 1.68. The summed E-state index contributed by atoms with van der Waals surface area (Å²) >= 11 is 0. The number of amides is 1. The van der Waals surface area contributed by atoms with Crippen LogP contribution in [0.15, 0.2) is 18.8 Å². The van der Waals surface area contributed by atoms with Gasteiger partial charge in [0.2, 0.25) is 0 Å². The number of hydrogen-bond acceptors (Lipinski definition) is 7. The van der Waals surface area contributed by atoms with Gasteiger partial charge in [-0.15, -0.1) is 0 Å². The highest BCUT2D eigenvalue weighted by Crippen LogP contribution is 2.20. The second-order valence-electron chi connectivity index (χ2n) is 6.87. The Balaban J connectivity index is 3.02. The standard InChI is InChI=1S/C20H28N2O6/c1-7-14-10-13(11-15(17(23)26-8-2)18(24)27-9-3)12-21-16(14)22-19(25)28-20(4,5)6/h7,10,12,15H,1,8-9,11H2,2-6H3,(H,21,22,25). The van der Waals surface area contributed by atoms with Crippen LogP contribution < -0.4 is 5.32 Å². The molecule has 1 N–H and O–H groups in total. The highest BCUT2D eigenvalue weighted by molar-refractivity contribution is 5.95. The van der Waals surface area contributed by atoms with Crippen molar-refractivity contribution in [1.82, 2.24) is 4.98 Å². The lowest BCUT2D eigenvalue weighted by molar-refractivity contribution is -0.161. The summed E-state index contributed by atoms with van der Waals surface area (Å²) in [5.74, 6) is -2.14. The number of carbonyl (C=O) groups is 3. The van der Waals surface area contributed by atoms with Gasteiger partial charge in [-0.25, -0.2) is 9.78 Å². The Bertz CT molecular complexity index is 706. The van der Waals surface area contributed by atoms with E-state index in [0.29, 0.717) is 11.1 Å². The van der Waals surface area contributed by atoms with Crippen LogP contribution in [0.2, 0.25) is 0 Å². The van der Waals surface area contributed by atoms with Gasteiger partial charge >= 0.3 is 18.0 Å². The molecule has 0 atom stereocenters. The van der Waals surface area contributed by atoms with Crippen LogP contribution in [0.1, 0.15) is 45.7 Å². The summed E-state index contributed by atoms with van der Waals surface area (Å²) in [6.07, 6.45) is 2.38. The summed E-state index contributed by atoms with van der Waals surface area (Å²) in [7, 11) is 0. The van der Waals surface area contributed by atoms with E-state index in [1.54, 1.807) is 40.7 Å². The molecule has 0 spiro atoms. The second-order valence-corrected chi connectivity index (χ2v) is 6.87. The number of aromatic nitrogens is 1. The van der Waals surface area contributed by atoms with Crippen molar-refractivity contribution < 1.29 is 28.6 Å². The Morgan fingerprint density at radius 1 is 1.18 bits per heavy atom. The van der Waals surface area contributed by atoms with Crippen LogP contribution >= 0.6 is 0 Å². The van der Waals surface area contributed by atoms with E-state index >= 15 is 0 Å². The summed E-state index contributed by atoms with van der Waals surface area (Å²) in [6.45, 7) is 12.6. The molecule has 28 heavy (non-hydrogen) atoms. The lowest BCUT2D eigenvalue weighted by Gasteiger charge is -2.20. The highest BCUT2D eigenvalue weighted by atomic mass is 16.6. The molecule has 1 amide bonds. The molecule has 1 rings (SSSR count). The first-order valence-corrected chi connectivity index (χ1v) is 9.05. The first kappa shape index (κ1) is 23.1. The highest BCUT2D eigenvalue weighted by Gasteiger charge is 2.30. The van der Waals surface area contributed by atoms with Crippen molar-refractivity contribution in [3.05, 3.63) is 30.0 Å². The molecular weight excluding hydrogens is 364 g/mol. The Morgan fingerprint density at radius 2 is 1.75 bits per heavy atom. The minimum absolute atomic E-state index is 0.0538. The van der Waals surface area contributed by atoms with Crippen molar-refractivity contribution in [2.45, 2.75) is 46.6 Å². The van der Waals surface area contributed by atoms with Crippen LogP contribution in [-0.2, 0) is 30.2 Å². The molecule has 0 aliphatic rings. The molecule has 1 aromatic heterocycles. The van der Waals surface area contributed by atoms with E-state index in [0.717, 1.165) is 0 Å². The molecule has 0 fully saturated rings. The van der Waals surface area contributed by atoms with E-state index < -0.39 is 29.6 Å². The van der Waals surface area contributed by atoms with Gasteiger partial charge in [-0.1, -0.05) is 12.7 Å². The topological polar surface area (TPSA) is 104 Å². The lowest BCUT2D eigenvalue weighted by atomic mass is 9.99. The SMILES string of the molecule is C=Cc1cc(CC(C(=O)OCC)C(=O)OCC)cnc1NC(=O)OC(C)(C)C. The zero-order chi connectivity index (χ0) is 21.3. The fraction of sp³-hybridized carbons (Fsp3) is 0.500. The van der Waals surface area contributed by atoms with Gasteiger partial charge in [-0.05, 0) is 52.7 Å². The number of nitrogens with one attached hydrogen (secondary N) is 1. The third-order valence-corrected chi connectivity index (χ3v) is 3.40. The first-order valence-electron chi connectivity index (χ1n) is 9.05. The summed E-state index contributed by atoms with van der Waals surface area (Å²) < 4.78 is 15.1. The molecule has 1 aromatic rings. The Morgan fingerprint density at radius 3 is 2.21 bits per heavy atom. The van der Waals surface area contributed by atoms with E-state index in [-0.39, 0.29) is 25.5 Å². The zero-order valence-electron chi connectivity index (χ0n) is 17.0. The molecule has 0 saturated carbocycles. The number of esters is 2. The quantitative estimate of drug-likeness (QED) is 0.411. The van der Waals surface area contributed by atoms with Crippen molar-refractivity contribution >= 4 is 29.9 Å². The van der Waals surface area contributed by atoms with Crippen molar-refractivity contribution in [3.63, 3.8) is 0 Å². The number of ether oxygens (including phenoxy) is 3. The minimum Gasteiger partial charge on any atom is -0.465 e. The van der Waals surface area contributed by atoms with Gasteiger partial charge in [0.15, 0.2) is 5.92 Å². The third-order valence-electron chi connectivity index (χ3n) is 3.40. The molecular formula is C20H28N2O6. The first-order chi connectivity index (χ1) is 13.1. The van der Waals surface area contributed by atoms with Gasteiger partial charge in [-0.3, -0.25) is 14.9 Å². The summed E-state index contributed by atoms with van der Waals surface area (Å²) in [5, 5.41) is 2.56. The van der Waals surface area contributed by atoms with E-state index in [2.05, 4.69) is 16.9 Å². The maximum Gasteiger partial charge on any atom is 0.413 e. The molecule has 0 unspecified atom stereocenters. The van der Waals surface area contributed by atoms with Crippen LogP contribution in [0.5, 0.6) is 0 Å². The Labute approximate surface area is 165 Å². The smallest absolute Gasteiger partial charge is 0.413 e. The van der Waals surface area contributed by atoms with Crippen LogP contribution in [0, 0.1) is 5.92 Å². The van der Waals surface area contributed by atoms with E-state index in [1.165, 1.54) is 12.3 Å². The number of carbonyl (C=O) groups excluding carboxylic acids is 3. The van der Waals surface area contributed by atoms with Crippen molar-refractivity contribution in [2.24, 2.45) is 5.92 Å². The average molecular weight is 392 g/mol. The van der Waals surface area contributed by atoms with Crippen molar-refractivity contribution in [3.8, 4) is 0 Å². The summed E-state index contributed by atoms with van der Waals surface area (Å²) in [5.41, 5.74) is 0.468. The van der Waals surface area contributed by atoms with Gasteiger partial charge in [0, 0.05) is 11.8 Å². The molecule has 1 heterocycles. The van der Waals surface area contributed by atoms with Crippen LogP contribution in [0.25, 0.3) is 6.08 Å². The summed E-state index contributed by atoms with van der Waals surface area (Å²) in [4.78, 5) is 40.4. The molecule has 154 valence electrons. The van der Waals surface area contributed by atoms with Crippen LogP contribution in [0.4, 0.5) is 10.6 Å². The maximum atomic E-state index is 12.1. The molecule has 8 heteroatoms. The van der Waals surface area contributed by atoms with Crippen LogP contribution in [0.3, 0.4) is 0 Å². The molecule has 0 aromatic carbocycles. The minimum atomic E-state index is -1.09. The number of hydrogen-bond donors (Lipinski definition) is 1. The zero-order valence-corrected chi connectivity index (χ0v) is 17.0. The number of anilines is 1. The molecule has 0 bridgehead atoms. The number of pyridine rings is 1. The van der Waals surface area contributed by atoms with Gasteiger partial charge in [-0.2, -0.15) is 0 Å². The van der Waals surface area contributed by atoms with Crippen molar-refractivity contribution in [1.29, 1.82) is 0 Å². The fourth-order valence-electron chi connectivity index (χ4n) is 2.28. The largest absolute Gasteiger partial charge is 0.465 e. The molecule has 0 aliphatic heterocycles. The molecule has 0 radical (unpaired) electrons. The third kappa shape index (κ3) is 7.38. The Kier molecular flexibility index (Phi) is 8.63. The fourth-order valence-corrected chi connectivity index (χ4v) is 2.28. The average Bonchev–Trinajstić information content (AvgIpc) is 2.59. The van der Waals surface area contributed by atoms with E-state index in [4.69, 9.17) is 14.2 Å². The number of nitrogens with zero attached hydrogens (tertiary/aromatic N) is 1. The second kappa shape index (κ2) is 10.4. The molecule has 0 aliphatic carbocycles. The van der Waals surface area contributed by atoms with Gasteiger partial charge in [0.05, 0.1) is 13.2 Å². The lowest BCUT2D eigenvalue weighted by Crippen LogP contribution is -2.30. The van der Waals surface area contributed by atoms with Gasteiger partial charge < -0.3 is 14.2 Å². The van der Waals surface area contributed by atoms with Crippen LogP contribution in [-0.4, -0.2) is 41.8 Å². The van der Waals surface area contributed by atoms with Gasteiger partial charge in [0.1, 0.15) is 11.4 Å². The normalized spacial score (nSPS) is 10.9. The van der Waals surface area contributed by atoms with E-state index in [9.17, 15) is 14.4 Å². The molecule has 8 nitrogen and oxygen atoms in total.